The average Bonchev–Trinajstić information content (AvgIpc) is 2.15. The Bertz CT molecular complexity index is 504. The smallest absolute Gasteiger partial charge is 0.224 e. The van der Waals surface area contributed by atoms with Crippen LogP contribution in [0.2, 0.25) is 0 Å². The molecular formula is C11H13F3O2S. The van der Waals surface area contributed by atoms with Gasteiger partial charge in [-0.15, -0.1) is 0 Å². The van der Waals surface area contributed by atoms with E-state index in [0.717, 1.165) is 6.26 Å². The van der Waals surface area contributed by atoms with E-state index in [0.29, 0.717) is 12.5 Å². The molecule has 0 bridgehead atoms. The van der Waals surface area contributed by atoms with E-state index in [-0.39, 0.29) is 16.9 Å². The van der Waals surface area contributed by atoms with Gasteiger partial charge in [-0.25, -0.2) is 8.42 Å². The predicted molar refractivity (Wildman–Crippen MR) is 58.5 cm³/mol. The molecule has 2 nitrogen and oxygen atoms in total. The Hall–Kier alpha value is -1.04. The monoisotopic (exact) mass is 266 g/mol. The summed E-state index contributed by atoms with van der Waals surface area (Å²) in [5, 5.41) is 0. The maximum Gasteiger partial charge on any atom is 0.416 e. The van der Waals surface area contributed by atoms with Crippen molar-refractivity contribution in [3.63, 3.8) is 0 Å². The Morgan fingerprint density at radius 3 is 2.24 bits per heavy atom. The van der Waals surface area contributed by atoms with Crippen LogP contribution in [0.15, 0.2) is 23.1 Å². The van der Waals surface area contributed by atoms with Gasteiger partial charge in [0, 0.05) is 6.26 Å². The SMILES string of the molecule is CCCc1ccc(S(C)(=O)=O)cc1C(F)(F)F. The molecule has 0 saturated carbocycles. The summed E-state index contributed by atoms with van der Waals surface area (Å²) in [6.45, 7) is 1.77. The lowest BCUT2D eigenvalue weighted by atomic mass is 10.0. The lowest BCUT2D eigenvalue weighted by Crippen LogP contribution is -2.11. The van der Waals surface area contributed by atoms with E-state index in [2.05, 4.69) is 0 Å². The van der Waals surface area contributed by atoms with Crippen LogP contribution in [0.5, 0.6) is 0 Å². The number of hydrogen-bond acceptors (Lipinski definition) is 2. The molecule has 0 aliphatic carbocycles. The first-order chi connectivity index (χ1) is 7.66. The minimum absolute atomic E-state index is 0.132. The van der Waals surface area contributed by atoms with E-state index in [1.54, 1.807) is 6.92 Å². The van der Waals surface area contributed by atoms with Gasteiger partial charge in [-0.3, -0.25) is 0 Å². The maximum atomic E-state index is 12.7. The van der Waals surface area contributed by atoms with E-state index in [1.165, 1.54) is 12.1 Å². The molecule has 0 fully saturated rings. The van der Waals surface area contributed by atoms with Gasteiger partial charge in [0.15, 0.2) is 9.84 Å². The highest BCUT2D eigenvalue weighted by Gasteiger charge is 2.33. The number of halogens is 3. The van der Waals surface area contributed by atoms with Crippen LogP contribution in [0.25, 0.3) is 0 Å². The molecule has 0 heterocycles. The first-order valence-corrected chi connectivity index (χ1v) is 6.95. The minimum atomic E-state index is -4.52. The highest BCUT2D eigenvalue weighted by atomic mass is 32.2. The third-order valence-corrected chi connectivity index (χ3v) is 3.44. The Labute approximate surface area is 98.4 Å². The van der Waals surface area contributed by atoms with Crippen LogP contribution in [0.4, 0.5) is 13.2 Å². The van der Waals surface area contributed by atoms with Gasteiger partial charge in [0.25, 0.3) is 0 Å². The molecule has 1 aromatic rings. The van der Waals surface area contributed by atoms with Gasteiger partial charge in [-0.2, -0.15) is 13.2 Å². The van der Waals surface area contributed by atoms with Crippen LogP contribution in [-0.4, -0.2) is 14.7 Å². The largest absolute Gasteiger partial charge is 0.416 e. The molecule has 0 radical (unpaired) electrons. The highest BCUT2D eigenvalue weighted by Crippen LogP contribution is 2.34. The summed E-state index contributed by atoms with van der Waals surface area (Å²) in [6.07, 6.45) is -2.78. The predicted octanol–water partition coefficient (Wildman–Crippen LogP) is 3.06. The summed E-state index contributed by atoms with van der Waals surface area (Å²) >= 11 is 0. The summed E-state index contributed by atoms with van der Waals surface area (Å²) in [7, 11) is -3.62. The number of benzene rings is 1. The third-order valence-electron chi connectivity index (χ3n) is 2.33. The fraction of sp³-hybridized carbons (Fsp3) is 0.455. The lowest BCUT2D eigenvalue weighted by Gasteiger charge is -2.13. The van der Waals surface area contributed by atoms with Crippen molar-refractivity contribution in [1.29, 1.82) is 0 Å². The normalized spacial score (nSPS) is 12.8. The van der Waals surface area contributed by atoms with Crippen molar-refractivity contribution < 1.29 is 21.6 Å². The molecule has 0 amide bonds. The van der Waals surface area contributed by atoms with Gasteiger partial charge in [0.2, 0.25) is 0 Å². The topological polar surface area (TPSA) is 34.1 Å². The zero-order valence-corrected chi connectivity index (χ0v) is 10.3. The number of rotatable bonds is 3. The van der Waals surface area contributed by atoms with Crippen molar-refractivity contribution in [2.45, 2.75) is 30.8 Å². The quantitative estimate of drug-likeness (QED) is 0.842. The second kappa shape index (κ2) is 4.68. The van der Waals surface area contributed by atoms with E-state index < -0.39 is 21.6 Å². The molecule has 1 rings (SSSR count). The Morgan fingerprint density at radius 1 is 1.24 bits per heavy atom. The first-order valence-electron chi connectivity index (χ1n) is 5.06. The number of hydrogen-bond donors (Lipinski definition) is 0. The average molecular weight is 266 g/mol. The van der Waals surface area contributed by atoms with Crippen molar-refractivity contribution in [2.75, 3.05) is 6.26 Å². The van der Waals surface area contributed by atoms with Crippen molar-refractivity contribution >= 4 is 9.84 Å². The summed E-state index contributed by atoms with van der Waals surface area (Å²) < 4.78 is 60.7. The molecule has 1 aromatic carbocycles. The van der Waals surface area contributed by atoms with Gasteiger partial charge < -0.3 is 0 Å². The lowest BCUT2D eigenvalue weighted by molar-refractivity contribution is -0.138. The highest BCUT2D eigenvalue weighted by molar-refractivity contribution is 7.90. The molecule has 0 aromatic heterocycles. The van der Waals surface area contributed by atoms with E-state index in [1.807, 2.05) is 0 Å². The minimum Gasteiger partial charge on any atom is -0.224 e. The maximum absolute atomic E-state index is 12.7. The Kier molecular flexibility index (Phi) is 3.86. The third kappa shape index (κ3) is 3.46. The van der Waals surface area contributed by atoms with Gasteiger partial charge in [0.1, 0.15) is 0 Å². The van der Waals surface area contributed by atoms with Crippen molar-refractivity contribution in [2.24, 2.45) is 0 Å². The van der Waals surface area contributed by atoms with E-state index in [9.17, 15) is 21.6 Å². The molecule has 6 heteroatoms. The molecule has 0 N–H and O–H groups in total. The van der Waals surface area contributed by atoms with Crippen LogP contribution in [0, 0.1) is 0 Å². The molecule has 0 aliphatic rings. The van der Waals surface area contributed by atoms with Gasteiger partial charge in [-0.05, 0) is 24.1 Å². The van der Waals surface area contributed by atoms with Crippen LogP contribution in [0.1, 0.15) is 24.5 Å². The molecule has 0 unspecified atom stereocenters. The van der Waals surface area contributed by atoms with Gasteiger partial charge >= 0.3 is 6.18 Å². The second-order valence-corrected chi connectivity index (χ2v) is 5.85. The van der Waals surface area contributed by atoms with Crippen LogP contribution >= 0.6 is 0 Å². The van der Waals surface area contributed by atoms with Crippen molar-refractivity contribution in [1.82, 2.24) is 0 Å². The van der Waals surface area contributed by atoms with Crippen molar-refractivity contribution in [3.05, 3.63) is 29.3 Å². The summed E-state index contributed by atoms with van der Waals surface area (Å²) in [4.78, 5) is -0.301. The fourth-order valence-electron chi connectivity index (χ4n) is 1.54. The van der Waals surface area contributed by atoms with Crippen LogP contribution in [-0.2, 0) is 22.4 Å². The number of aryl methyl sites for hydroxylation is 1. The molecule has 0 aliphatic heterocycles. The zero-order chi connectivity index (χ0) is 13.3. The Balaban J connectivity index is 3.40. The van der Waals surface area contributed by atoms with Gasteiger partial charge in [0.05, 0.1) is 10.5 Å². The van der Waals surface area contributed by atoms with Crippen LogP contribution in [0.3, 0.4) is 0 Å². The second-order valence-electron chi connectivity index (χ2n) is 3.84. The number of sulfone groups is 1. The molecular weight excluding hydrogens is 253 g/mol. The summed E-state index contributed by atoms with van der Waals surface area (Å²) in [5.41, 5.74) is -0.727. The number of alkyl halides is 3. The van der Waals surface area contributed by atoms with Crippen LogP contribution < -0.4 is 0 Å². The van der Waals surface area contributed by atoms with E-state index in [4.69, 9.17) is 0 Å². The Morgan fingerprint density at radius 2 is 1.82 bits per heavy atom. The molecule has 0 atom stereocenters. The fourth-order valence-corrected chi connectivity index (χ4v) is 2.18. The van der Waals surface area contributed by atoms with E-state index >= 15 is 0 Å². The molecule has 0 spiro atoms. The molecule has 96 valence electrons. The molecule has 17 heavy (non-hydrogen) atoms. The van der Waals surface area contributed by atoms with Gasteiger partial charge in [-0.1, -0.05) is 19.4 Å². The standard InChI is InChI=1S/C11H13F3O2S/c1-3-4-8-5-6-9(17(2,15)16)7-10(8)11(12,13)14/h5-7H,3-4H2,1-2H3. The van der Waals surface area contributed by atoms with Crippen molar-refractivity contribution in [3.8, 4) is 0 Å². The summed E-state index contributed by atoms with van der Waals surface area (Å²) in [5.74, 6) is 0. The molecule has 0 saturated heterocycles. The summed E-state index contributed by atoms with van der Waals surface area (Å²) in [6, 6.07) is 3.17. The first kappa shape index (κ1) is 14.0. The zero-order valence-electron chi connectivity index (χ0n) is 9.50.